The third-order valence-electron chi connectivity index (χ3n) is 6.48. The van der Waals surface area contributed by atoms with E-state index in [0.29, 0.717) is 23.4 Å². The van der Waals surface area contributed by atoms with Crippen molar-refractivity contribution in [2.75, 3.05) is 18.0 Å². The lowest BCUT2D eigenvalue weighted by atomic mass is 9.90. The van der Waals surface area contributed by atoms with E-state index in [1.165, 1.54) is 42.3 Å². The first kappa shape index (κ1) is 22.9. The van der Waals surface area contributed by atoms with Crippen molar-refractivity contribution in [1.29, 1.82) is 0 Å². The molecule has 3 aromatic rings. The molecule has 2 saturated heterocycles. The van der Waals surface area contributed by atoms with Gasteiger partial charge in [-0.2, -0.15) is 18.2 Å². The van der Waals surface area contributed by atoms with Gasteiger partial charge in [-0.25, -0.2) is 9.78 Å². The number of hydrogen-bond acceptors (Lipinski definition) is 7. The third-order valence-corrected chi connectivity index (χ3v) is 7.28. The van der Waals surface area contributed by atoms with Crippen molar-refractivity contribution in [2.24, 2.45) is 0 Å². The molecule has 182 valence electrons. The molecule has 0 spiro atoms. The molecule has 2 N–H and O–H groups in total. The summed E-state index contributed by atoms with van der Waals surface area (Å²) in [6.45, 7) is 3.15. The average molecular weight is 497 g/mol. The highest BCUT2D eigenvalue weighted by Crippen LogP contribution is 2.46. The van der Waals surface area contributed by atoms with Crippen molar-refractivity contribution >= 4 is 34.5 Å². The zero-order chi connectivity index (χ0) is 24.4. The number of rotatable bonds is 3. The molecule has 2 aliphatic rings. The van der Waals surface area contributed by atoms with Gasteiger partial charge in [0.2, 0.25) is 0 Å². The van der Waals surface area contributed by atoms with Crippen LogP contribution in [0.5, 0.6) is 0 Å². The first-order valence-electron chi connectivity index (χ1n) is 10.9. The van der Waals surface area contributed by atoms with Gasteiger partial charge in [-0.1, -0.05) is 0 Å². The summed E-state index contributed by atoms with van der Waals surface area (Å²) >= 11 is 1.24. The third kappa shape index (κ3) is 3.78. The van der Waals surface area contributed by atoms with Crippen molar-refractivity contribution in [2.45, 2.75) is 57.0 Å². The van der Waals surface area contributed by atoms with Gasteiger partial charge in [0.1, 0.15) is 10.5 Å². The fraction of sp³-hybridized carbons (Fsp3) is 0.500. The second kappa shape index (κ2) is 7.84. The molecular weight excluding hydrogens is 473 g/mol. The summed E-state index contributed by atoms with van der Waals surface area (Å²) in [6, 6.07) is 0.712. The maximum atomic E-state index is 14.3. The van der Waals surface area contributed by atoms with Crippen LogP contribution < -0.4 is 4.90 Å². The Balaban J connectivity index is 1.69. The number of fused-ring (bicyclic) bond motifs is 3. The highest BCUT2D eigenvalue weighted by molar-refractivity contribution is 7.13. The van der Waals surface area contributed by atoms with Gasteiger partial charge in [0, 0.05) is 24.7 Å². The topological polar surface area (TPSA) is 103 Å². The van der Waals surface area contributed by atoms with Gasteiger partial charge in [-0.05, 0) is 44.7 Å². The van der Waals surface area contributed by atoms with Gasteiger partial charge in [0.05, 0.1) is 28.8 Å². The molecule has 2 aliphatic heterocycles. The number of aliphatic hydroxyl groups is 1. The Labute approximate surface area is 196 Å². The number of piperidine rings is 1. The lowest BCUT2D eigenvalue weighted by Gasteiger charge is -2.48. The van der Waals surface area contributed by atoms with Gasteiger partial charge in [-0.15, -0.1) is 11.3 Å². The summed E-state index contributed by atoms with van der Waals surface area (Å²) in [5.74, 6) is 0. The summed E-state index contributed by atoms with van der Waals surface area (Å²) in [7, 11) is 0. The summed E-state index contributed by atoms with van der Waals surface area (Å²) in [6.07, 6.45) is -2.02. The largest absolute Gasteiger partial charge is 0.465 e. The summed E-state index contributed by atoms with van der Waals surface area (Å²) in [5, 5.41) is 22.4. The van der Waals surface area contributed by atoms with Gasteiger partial charge in [-0.3, -0.25) is 4.90 Å². The number of benzene rings is 1. The minimum atomic E-state index is -4.79. The molecule has 12 heteroatoms. The SMILES string of the molecule is CC(C)(O)c1cc(-c2nccs2)c2oc(N3CC4CCCC(C3)N4C(=O)O)nc2c1C(F)(F)F. The van der Waals surface area contributed by atoms with E-state index in [1.807, 2.05) is 0 Å². The molecule has 2 aromatic heterocycles. The van der Waals surface area contributed by atoms with Gasteiger partial charge in [0.25, 0.3) is 6.01 Å². The van der Waals surface area contributed by atoms with E-state index in [4.69, 9.17) is 4.42 Å². The number of piperazine rings is 1. The number of hydrogen-bond donors (Lipinski definition) is 2. The van der Waals surface area contributed by atoms with Crippen molar-refractivity contribution < 1.29 is 32.6 Å². The predicted molar refractivity (Wildman–Crippen MR) is 119 cm³/mol. The molecule has 1 amide bonds. The number of thiazole rings is 1. The molecule has 34 heavy (non-hydrogen) atoms. The van der Waals surface area contributed by atoms with E-state index < -0.39 is 29.0 Å². The number of nitrogens with zero attached hydrogens (tertiary/aromatic N) is 4. The Morgan fingerprint density at radius 1 is 1.24 bits per heavy atom. The summed E-state index contributed by atoms with van der Waals surface area (Å²) in [5.41, 5.74) is -3.29. The molecule has 1 aromatic carbocycles. The number of halogens is 3. The molecule has 0 radical (unpaired) electrons. The van der Waals surface area contributed by atoms with Crippen LogP contribution in [0.4, 0.5) is 24.0 Å². The minimum absolute atomic E-state index is 0.00754. The van der Waals surface area contributed by atoms with Crippen LogP contribution in [-0.4, -0.2) is 56.3 Å². The average Bonchev–Trinajstić information content (AvgIpc) is 3.40. The van der Waals surface area contributed by atoms with E-state index in [2.05, 4.69) is 9.97 Å². The molecule has 0 aliphatic carbocycles. The molecule has 4 heterocycles. The Hall–Kier alpha value is -2.86. The number of carbonyl (C=O) groups is 1. The molecule has 2 atom stereocenters. The monoisotopic (exact) mass is 496 g/mol. The number of oxazole rings is 1. The first-order valence-corrected chi connectivity index (χ1v) is 11.8. The Bertz CT molecular complexity index is 1220. The smallest absolute Gasteiger partial charge is 0.419 e. The number of alkyl halides is 3. The van der Waals surface area contributed by atoms with Crippen molar-refractivity contribution in [1.82, 2.24) is 14.9 Å². The maximum absolute atomic E-state index is 14.3. The Kier molecular flexibility index (Phi) is 5.28. The summed E-state index contributed by atoms with van der Waals surface area (Å²) < 4.78 is 48.8. The quantitative estimate of drug-likeness (QED) is 0.531. The first-order chi connectivity index (χ1) is 15.9. The van der Waals surface area contributed by atoms with Crippen LogP contribution >= 0.6 is 11.3 Å². The maximum Gasteiger partial charge on any atom is 0.419 e. The molecular formula is C22H23F3N4O4S. The van der Waals surface area contributed by atoms with E-state index in [9.17, 15) is 28.2 Å². The minimum Gasteiger partial charge on any atom is -0.465 e. The van der Waals surface area contributed by atoms with E-state index in [-0.39, 0.29) is 42.3 Å². The Morgan fingerprint density at radius 2 is 1.91 bits per heavy atom. The fourth-order valence-corrected chi connectivity index (χ4v) is 5.72. The Morgan fingerprint density at radius 3 is 2.44 bits per heavy atom. The van der Waals surface area contributed by atoms with Crippen LogP contribution in [0, 0.1) is 0 Å². The zero-order valence-electron chi connectivity index (χ0n) is 18.5. The molecule has 8 nitrogen and oxygen atoms in total. The highest BCUT2D eigenvalue weighted by atomic mass is 32.1. The number of amides is 1. The second-order valence-corrected chi connectivity index (χ2v) is 10.1. The second-order valence-electron chi connectivity index (χ2n) is 9.25. The van der Waals surface area contributed by atoms with Crippen LogP contribution in [0.1, 0.15) is 44.2 Å². The van der Waals surface area contributed by atoms with Crippen LogP contribution in [-0.2, 0) is 11.8 Å². The molecule has 2 unspecified atom stereocenters. The lowest BCUT2D eigenvalue weighted by Crippen LogP contribution is -2.62. The van der Waals surface area contributed by atoms with Crippen LogP contribution in [0.15, 0.2) is 22.1 Å². The zero-order valence-corrected chi connectivity index (χ0v) is 19.3. The number of anilines is 1. The predicted octanol–water partition coefficient (Wildman–Crippen LogP) is 4.92. The van der Waals surface area contributed by atoms with Crippen molar-refractivity contribution in [3.63, 3.8) is 0 Å². The molecule has 2 bridgehead atoms. The van der Waals surface area contributed by atoms with Gasteiger partial charge < -0.3 is 19.5 Å². The molecule has 5 rings (SSSR count). The van der Waals surface area contributed by atoms with Gasteiger partial charge >= 0.3 is 12.3 Å². The highest BCUT2D eigenvalue weighted by Gasteiger charge is 2.44. The van der Waals surface area contributed by atoms with E-state index in [0.717, 1.165) is 6.42 Å². The van der Waals surface area contributed by atoms with Crippen LogP contribution in [0.25, 0.3) is 21.7 Å². The van der Waals surface area contributed by atoms with Crippen LogP contribution in [0.3, 0.4) is 0 Å². The van der Waals surface area contributed by atoms with Gasteiger partial charge in [0.15, 0.2) is 5.58 Å². The number of carboxylic acid groups (broad SMARTS) is 1. The standard InChI is InChI=1S/C22H23F3N4O4S/c1-21(2,32)14-8-13(18-26-6-7-34-18)17-16(15(14)22(23,24)25)27-19(33-17)28-9-11-4-3-5-12(10-28)29(11)20(30)31/h6-8,11-12,32H,3-5,9-10H2,1-2H3,(H,30,31). The van der Waals surface area contributed by atoms with Crippen LogP contribution in [0.2, 0.25) is 0 Å². The van der Waals surface area contributed by atoms with Crippen molar-refractivity contribution in [3.8, 4) is 10.6 Å². The number of aromatic nitrogens is 2. The normalized spacial score (nSPS) is 21.4. The van der Waals surface area contributed by atoms with E-state index in [1.54, 1.807) is 10.3 Å². The van der Waals surface area contributed by atoms with E-state index >= 15 is 0 Å². The van der Waals surface area contributed by atoms with Crippen molar-refractivity contribution in [3.05, 3.63) is 28.8 Å². The molecule has 0 saturated carbocycles. The lowest BCUT2D eigenvalue weighted by molar-refractivity contribution is -0.139. The summed E-state index contributed by atoms with van der Waals surface area (Å²) in [4.78, 5) is 23.4. The fourth-order valence-electron chi connectivity index (χ4n) is 5.07. The molecule has 2 fully saturated rings.